The first kappa shape index (κ1) is 18.5. The molecule has 5 nitrogen and oxygen atoms in total. The van der Waals surface area contributed by atoms with Crippen molar-refractivity contribution in [2.75, 3.05) is 22.4 Å². The number of nitrogens with zero attached hydrogens (tertiary/aromatic N) is 1. The molecule has 0 fully saturated rings. The highest BCUT2D eigenvalue weighted by molar-refractivity contribution is 7.92. The topological polar surface area (TPSA) is 66.5 Å². The van der Waals surface area contributed by atoms with Crippen LogP contribution in [-0.2, 0) is 14.8 Å². The van der Waals surface area contributed by atoms with Crippen LogP contribution >= 0.6 is 23.2 Å². The van der Waals surface area contributed by atoms with E-state index in [1.165, 1.54) is 24.3 Å². The molecule has 9 heteroatoms. The molecule has 0 aromatic heterocycles. The third-order valence-corrected chi connectivity index (χ3v) is 4.65. The van der Waals surface area contributed by atoms with Gasteiger partial charge in [0.1, 0.15) is 12.4 Å². The number of anilines is 2. The summed E-state index contributed by atoms with van der Waals surface area (Å²) in [4.78, 5) is 12.1. The van der Waals surface area contributed by atoms with Crippen molar-refractivity contribution in [1.29, 1.82) is 0 Å². The van der Waals surface area contributed by atoms with E-state index in [1.54, 1.807) is 12.1 Å². The predicted octanol–water partition coefficient (Wildman–Crippen LogP) is 3.54. The minimum atomic E-state index is -3.71. The van der Waals surface area contributed by atoms with Gasteiger partial charge in [-0.25, -0.2) is 12.8 Å². The summed E-state index contributed by atoms with van der Waals surface area (Å²) in [6.45, 7) is -0.464. The summed E-state index contributed by atoms with van der Waals surface area (Å²) in [5, 5.41) is 2.66. The summed E-state index contributed by atoms with van der Waals surface area (Å²) in [6.07, 6.45) is 0.982. The van der Waals surface area contributed by atoms with Gasteiger partial charge in [-0.1, -0.05) is 29.3 Å². The molecule has 0 aliphatic carbocycles. The van der Waals surface area contributed by atoms with Gasteiger partial charge in [0.05, 0.1) is 17.0 Å². The Balaban J connectivity index is 2.20. The predicted molar refractivity (Wildman–Crippen MR) is 93.7 cm³/mol. The number of halogens is 3. The Morgan fingerprint density at radius 1 is 1.21 bits per heavy atom. The summed E-state index contributed by atoms with van der Waals surface area (Å²) in [6, 6.07) is 9.78. The summed E-state index contributed by atoms with van der Waals surface area (Å²) in [5.74, 6) is -1.23. The second-order valence-electron chi connectivity index (χ2n) is 4.93. The molecule has 0 spiro atoms. The molecule has 0 bridgehead atoms. The van der Waals surface area contributed by atoms with E-state index in [9.17, 15) is 17.6 Å². The normalized spacial score (nSPS) is 11.2. The third-order valence-electron chi connectivity index (χ3n) is 2.99. The fourth-order valence-electron chi connectivity index (χ4n) is 1.94. The van der Waals surface area contributed by atoms with Gasteiger partial charge in [-0.05, 0) is 36.4 Å². The Labute approximate surface area is 149 Å². The van der Waals surface area contributed by atoms with E-state index in [4.69, 9.17) is 23.2 Å². The van der Waals surface area contributed by atoms with E-state index < -0.39 is 28.3 Å². The summed E-state index contributed by atoms with van der Waals surface area (Å²) in [7, 11) is -3.71. The lowest BCUT2D eigenvalue weighted by Gasteiger charge is -2.22. The molecule has 0 aliphatic rings. The van der Waals surface area contributed by atoms with Gasteiger partial charge in [-0.2, -0.15) is 0 Å². The van der Waals surface area contributed by atoms with Gasteiger partial charge < -0.3 is 5.32 Å². The van der Waals surface area contributed by atoms with Crippen molar-refractivity contribution in [2.45, 2.75) is 0 Å². The molecule has 128 valence electrons. The van der Waals surface area contributed by atoms with Gasteiger partial charge >= 0.3 is 0 Å². The molecule has 0 saturated heterocycles. The molecule has 24 heavy (non-hydrogen) atoms. The molecule has 1 amide bonds. The van der Waals surface area contributed by atoms with Gasteiger partial charge in [0.15, 0.2) is 0 Å². The standard InChI is InChI=1S/C15H13Cl2FN2O3S/c1-24(22,23)20(12-4-2-3-10(16)7-12)9-15(21)19-11-5-6-14(18)13(17)8-11/h2-8H,9H2,1H3,(H,19,21). The van der Waals surface area contributed by atoms with Crippen molar-refractivity contribution >= 4 is 50.5 Å². The zero-order valence-corrected chi connectivity index (χ0v) is 14.8. The molecular formula is C15H13Cl2FN2O3S. The number of hydrogen-bond donors (Lipinski definition) is 1. The van der Waals surface area contributed by atoms with E-state index in [2.05, 4.69) is 5.32 Å². The number of carbonyl (C=O) groups excluding carboxylic acids is 1. The number of benzene rings is 2. The van der Waals surface area contributed by atoms with Crippen molar-refractivity contribution in [1.82, 2.24) is 0 Å². The number of rotatable bonds is 5. The van der Waals surface area contributed by atoms with Crippen LogP contribution in [0.3, 0.4) is 0 Å². The first-order valence-electron chi connectivity index (χ1n) is 6.65. The average Bonchev–Trinajstić information content (AvgIpc) is 2.47. The van der Waals surface area contributed by atoms with E-state index >= 15 is 0 Å². The molecule has 0 aliphatic heterocycles. The molecule has 0 saturated carbocycles. The van der Waals surface area contributed by atoms with Crippen molar-refractivity contribution in [3.63, 3.8) is 0 Å². The fourth-order valence-corrected chi connectivity index (χ4v) is 3.15. The highest BCUT2D eigenvalue weighted by Crippen LogP contribution is 2.22. The SMILES string of the molecule is CS(=O)(=O)N(CC(=O)Nc1ccc(F)c(Cl)c1)c1cccc(Cl)c1. The second kappa shape index (κ2) is 7.38. The minimum Gasteiger partial charge on any atom is -0.324 e. The Morgan fingerprint density at radius 3 is 2.50 bits per heavy atom. The quantitative estimate of drug-likeness (QED) is 0.848. The lowest BCUT2D eigenvalue weighted by Crippen LogP contribution is -2.37. The Morgan fingerprint density at radius 2 is 1.92 bits per heavy atom. The van der Waals surface area contributed by atoms with E-state index in [0.29, 0.717) is 5.02 Å². The van der Waals surface area contributed by atoms with Crippen molar-refractivity contribution in [3.8, 4) is 0 Å². The van der Waals surface area contributed by atoms with Gasteiger partial charge in [0.2, 0.25) is 15.9 Å². The first-order valence-corrected chi connectivity index (χ1v) is 9.25. The van der Waals surface area contributed by atoms with Crippen LogP contribution in [0.4, 0.5) is 15.8 Å². The van der Waals surface area contributed by atoms with Gasteiger partial charge in [0.25, 0.3) is 0 Å². The average molecular weight is 391 g/mol. The smallest absolute Gasteiger partial charge is 0.245 e. The molecule has 2 rings (SSSR count). The first-order chi connectivity index (χ1) is 11.2. The van der Waals surface area contributed by atoms with Crippen LogP contribution in [0, 0.1) is 5.82 Å². The van der Waals surface area contributed by atoms with Crippen LogP contribution in [0.25, 0.3) is 0 Å². The fraction of sp³-hybridized carbons (Fsp3) is 0.133. The Kier molecular flexibility index (Phi) is 5.69. The molecule has 0 unspecified atom stereocenters. The molecule has 1 N–H and O–H groups in total. The van der Waals surface area contributed by atoms with Crippen LogP contribution in [0.2, 0.25) is 10.0 Å². The number of carbonyl (C=O) groups is 1. The van der Waals surface area contributed by atoms with E-state index in [-0.39, 0.29) is 16.4 Å². The van der Waals surface area contributed by atoms with Crippen LogP contribution in [-0.4, -0.2) is 27.1 Å². The molecule has 0 heterocycles. The van der Waals surface area contributed by atoms with Crippen molar-refractivity contribution in [2.24, 2.45) is 0 Å². The number of amides is 1. The van der Waals surface area contributed by atoms with Crippen LogP contribution < -0.4 is 9.62 Å². The number of nitrogens with one attached hydrogen (secondary N) is 1. The van der Waals surface area contributed by atoms with Crippen molar-refractivity contribution in [3.05, 3.63) is 58.3 Å². The highest BCUT2D eigenvalue weighted by Gasteiger charge is 2.21. The number of hydrogen-bond acceptors (Lipinski definition) is 3. The minimum absolute atomic E-state index is 0.150. The zero-order chi connectivity index (χ0) is 17.9. The van der Waals surface area contributed by atoms with Crippen LogP contribution in [0.1, 0.15) is 0 Å². The summed E-state index contributed by atoms with van der Waals surface area (Å²) < 4.78 is 38.0. The monoisotopic (exact) mass is 390 g/mol. The maximum Gasteiger partial charge on any atom is 0.245 e. The summed E-state index contributed by atoms with van der Waals surface area (Å²) in [5.41, 5.74) is 0.517. The molecule has 0 radical (unpaired) electrons. The Bertz CT molecular complexity index is 875. The molecule has 2 aromatic rings. The third kappa shape index (κ3) is 4.83. The van der Waals surface area contributed by atoms with Crippen LogP contribution in [0.15, 0.2) is 42.5 Å². The maximum absolute atomic E-state index is 13.1. The zero-order valence-electron chi connectivity index (χ0n) is 12.5. The summed E-state index contributed by atoms with van der Waals surface area (Å²) >= 11 is 11.5. The molecule has 2 aromatic carbocycles. The maximum atomic E-state index is 13.1. The highest BCUT2D eigenvalue weighted by atomic mass is 35.5. The second-order valence-corrected chi connectivity index (χ2v) is 7.68. The largest absolute Gasteiger partial charge is 0.324 e. The lowest BCUT2D eigenvalue weighted by atomic mass is 10.3. The molecule has 0 atom stereocenters. The van der Waals surface area contributed by atoms with E-state index in [0.717, 1.165) is 16.6 Å². The van der Waals surface area contributed by atoms with Crippen molar-refractivity contribution < 1.29 is 17.6 Å². The van der Waals surface area contributed by atoms with E-state index in [1.807, 2.05) is 0 Å². The Hall–Kier alpha value is -1.83. The molecular weight excluding hydrogens is 378 g/mol. The van der Waals surface area contributed by atoms with Gasteiger partial charge in [-0.3, -0.25) is 9.10 Å². The van der Waals surface area contributed by atoms with Gasteiger partial charge in [0, 0.05) is 10.7 Å². The van der Waals surface area contributed by atoms with Crippen LogP contribution in [0.5, 0.6) is 0 Å². The van der Waals surface area contributed by atoms with Gasteiger partial charge in [-0.15, -0.1) is 0 Å². The number of sulfonamides is 1. The lowest BCUT2D eigenvalue weighted by molar-refractivity contribution is -0.114.